The van der Waals surface area contributed by atoms with Crippen LogP contribution in [-0.2, 0) is 9.59 Å². The number of para-hydroxylation sites is 1. The Morgan fingerprint density at radius 2 is 2.00 bits per heavy atom. The maximum atomic E-state index is 14.2. The van der Waals surface area contributed by atoms with Crippen LogP contribution >= 0.6 is 11.3 Å². The monoisotopic (exact) mass is 494 g/mol. The smallest absolute Gasteiger partial charge is 0.277 e. The van der Waals surface area contributed by atoms with Crippen LogP contribution < -0.4 is 10.6 Å². The first-order valence-electron chi connectivity index (χ1n) is 12.8. The number of nitrogens with zero attached hydrogens (tertiary/aromatic N) is 3. The summed E-state index contributed by atoms with van der Waals surface area (Å²) >= 11 is 1.40. The number of nitrogens with two attached hydrogens (primary N) is 1. The Hall–Kier alpha value is -2.42. The number of hydrogen-bond donors (Lipinski definition) is 2. The average molecular weight is 495 g/mol. The fraction of sp³-hybridized carbons (Fsp3) is 0.556. The van der Waals surface area contributed by atoms with Gasteiger partial charge in [0.2, 0.25) is 5.66 Å². The van der Waals surface area contributed by atoms with Gasteiger partial charge in [0.05, 0.1) is 11.8 Å². The third-order valence-electron chi connectivity index (χ3n) is 7.40. The Bertz CT molecular complexity index is 1110. The molecule has 7 nitrogen and oxygen atoms in total. The second kappa shape index (κ2) is 9.91. The molecule has 1 aromatic heterocycles. The number of anilines is 1. The number of hydrogen-bond acceptors (Lipinski definition) is 7. The molecule has 0 bridgehead atoms. The standard InChI is InChI=1S/C27H34N4O3S/c1-2-3-8-22(32)20(15-17-9-10-17)24(33)27(28)26(34)31(16-18-11-12-18)21-7-5-4-6-19(21)23(30-27)25-29-13-14-35-25/h4-7,13-14,17-18,20,22,32H,2-3,8-12,15-16,28H2,1H3/t20-,22+,27?/m1/s1. The Labute approximate surface area is 210 Å². The number of aromatic nitrogens is 1. The maximum Gasteiger partial charge on any atom is 0.277 e. The third-order valence-corrected chi connectivity index (χ3v) is 8.18. The van der Waals surface area contributed by atoms with Crippen molar-refractivity contribution in [2.45, 2.75) is 70.1 Å². The number of aliphatic imine (C=N–C) groups is 1. The van der Waals surface area contributed by atoms with Crippen LogP contribution in [0.2, 0.25) is 0 Å². The van der Waals surface area contributed by atoms with E-state index in [0.717, 1.165) is 44.1 Å². The van der Waals surface area contributed by atoms with Crippen LogP contribution in [-0.4, -0.2) is 45.8 Å². The van der Waals surface area contributed by atoms with E-state index in [1.807, 2.05) is 29.6 Å². The summed E-state index contributed by atoms with van der Waals surface area (Å²) in [4.78, 5) is 39.2. The summed E-state index contributed by atoms with van der Waals surface area (Å²) in [5, 5.41) is 13.5. The van der Waals surface area contributed by atoms with Crippen LogP contribution in [0.15, 0.2) is 40.8 Å². The molecule has 1 aromatic carbocycles. The molecule has 3 aliphatic rings. The molecule has 0 spiro atoms. The molecule has 5 rings (SSSR count). The van der Waals surface area contributed by atoms with E-state index in [1.165, 1.54) is 11.3 Å². The van der Waals surface area contributed by atoms with Crippen LogP contribution in [0.3, 0.4) is 0 Å². The summed E-state index contributed by atoms with van der Waals surface area (Å²) < 4.78 is 0. The number of Topliss-reactive ketones (excluding diaryl/α,β-unsaturated/α-hetero) is 1. The predicted octanol–water partition coefficient (Wildman–Crippen LogP) is 3.93. The zero-order valence-corrected chi connectivity index (χ0v) is 21.0. The van der Waals surface area contributed by atoms with Gasteiger partial charge in [-0.15, -0.1) is 11.3 Å². The lowest BCUT2D eigenvalue weighted by atomic mass is 9.82. The molecular weight excluding hydrogens is 460 g/mol. The van der Waals surface area contributed by atoms with Gasteiger partial charge in [-0.05, 0) is 43.6 Å². The average Bonchev–Trinajstić information content (AvgIpc) is 3.81. The summed E-state index contributed by atoms with van der Waals surface area (Å²) in [6.07, 6.45) is 7.84. The molecule has 2 aliphatic carbocycles. The fourth-order valence-corrected chi connectivity index (χ4v) is 5.60. The van der Waals surface area contributed by atoms with E-state index in [-0.39, 0.29) is 0 Å². The van der Waals surface area contributed by atoms with Gasteiger partial charge >= 0.3 is 0 Å². The van der Waals surface area contributed by atoms with Gasteiger partial charge in [0.25, 0.3) is 5.91 Å². The molecule has 3 atom stereocenters. The number of carbonyl (C=O) groups excluding carboxylic acids is 2. The van der Waals surface area contributed by atoms with Crippen LogP contribution in [0, 0.1) is 17.8 Å². The normalized spacial score (nSPS) is 23.9. The van der Waals surface area contributed by atoms with Crippen molar-refractivity contribution in [3.05, 3.63) is 46.4 Å². The van der Waals surface area contributed by atoms with Crippen molar-refractivity contribution in [2.75, 3.05) is 11.4 Å². The zero-order chi connectivity index (χ0) is 24.6. The maximum absolute atomic E-state index is 14.2. The van der Waals surface area contributed by atoms with Gasteiger partial charge in [-0.1, -0.05) is 50.8 Å². The number of unbranched alkanes of at least 4 members (excludes halogenated alkanes) is 1. The van der Waals surface area contributed by atoms with Crippen molar-refractivity contribution in [3.63, 3.8) is 0 Å². The summed E-state index contributed by atoms with van der Waals surface area (Å²) in [5.41, 5.74) is 6.63. The quantitative estimate of drug-likeness (QED) is 0.460. The van der Waals surface area contributed by atoms with Gasteiger partial charge in [0.1, 0.15) is 10.7 Å². The molecule has 3 N–H and O–H groups in total. The molecule has 2 saturated carbocycles. The van der Waals surface area contributed by atoms with Crippen molar-refractivity contribution in [3.8, 4) is 0 Å². The number of fused-ring (bicyclic) bond motifs is 1. The number of amides is 1. The molecule has 2 aromatic rings. The van der Waals surface area contributed by atoms with E-state index in [4.69, 9.17) is 10.7 Å². The molecule has 0 saturated heterocycles. The molecule has 35 heavy (non-hydrogen) atoms. The number of thiazole rings is 1. The summed E-state index contributed by atoms with van der Waals surface area (Å²) in [5.74, 6) is -0.900. The van der Waals surface area contributed by atoms with Crippen molar-refractivity contribution in [1.82, 2.24) is 4.98 Å². The van der Waals surface area contributed by atoms with Crippen LogP contribution in [0.5, 0.6) is 0 Å². The molecule has 8 heteroatoms. The molecule has 2 fully saturated rings. The van der Waals surface area contributed by atoms with Gasteiger partial charge in [-0.3, -0.25) is 15.3 Å². The van der Waals surface area contributed by atoms with Gasteiger partial charge in [-0.25, -0.2) is 9.98 Å². The minimum atomic E-state index is -2.11. The SMILES string of the molecule is CCCC[C@H](O)[C@@H](CC1CC1)C(=O)C1(N)N=C(c2nccs2)c2ccccc2N(CC2CC2)C1=O. The van der Waals surface area contributed by atoms with E-state index < -0.39 is 29.4 Å². The van der Waals surface area contributed by atoms with E-state index in [9.17, 15) is 14.7 Å². The van der Waals surface area contributed by atoms with Crippen molar-refractivity contribution in [2.24, 2.45) is 28.5 Å². The molecule has 186 valence electrons. The lowest BCUT2D eigenvalue weighted by Gasteiger charge is -2.33. The van der Waals surface area contributed by atoms with Crippen molar-refractivity contribution >= 4 is 34.4 Å². The first-order chi connectivity index (χ1) is 16.9. The van der Waals surface area contributed by atoms with E-state index in [0.29, 0.717) is 47.6 Å². The summed E-state index contributed by atoms with van der Waals surface area (Å²) in [6.45, 7) is 2.57. The predicted molar refractivity (Wildman–Crippen MR) is 138 cm³/mol. The van der Waals surface area contributed by atoms with E-state index in [2.05, 4.69) is 11.9 Å². The van der Waals surface area contributed by atoms with Gasteiger partial charge in [-0.2, -0.15) is 0 Å². The second-order valence-electron chi connectivity index (χ2n) is 10.3. The highest BCUT2D eigenvalue weighted by atomic mass is 32.1. The molecular formula is C27H34N4O3S. The first-order valence-corrected chi connectivity index (χ1v) is 13.7. The largest absolute Gasteiger partial charge is 0.392 e. The Morgan fingerprint density at radius 1 is 1.26 bits per heavy atom. The van der Waals surface area contributed by atoms with Gasteiger partial charge < -0.3 is 10.0 Å². The molecule has 1 aliphatic heterocycles. The molecule has 1 amide bonds. The number of ketones is 1. The number of aliphatic hydroxyl groups excluding tert-OH is 1. The van der Waals surface area contributed by atoms with Crippen molar-refractivity contribution in [1.29, 1.82) is 0 Å². The highest BCUT2D eigenvalue weighted by Crippen LogP contribution is 2.41. The number of aliphatic hydroxyl groups is 1. The van der Waals surface area contributed by atoms with Gasteiger partial charge in [0.15, 0.2) is 5.78 Å². The molecule has 1 unspecified atom stereocenters. The van der Waals surface area contributed by atoms with Gasteiger partial charge in [0, 0.05) is 29.6 Å². The van der Waals surface area contributed by atoms with Crippen LogP contribution in [0.4, 0.5) is 5.69 Å². The minimum Gasteiger partial charge on any atom is -0.392 e. The summed E-state index contributed by atoms with van der Waals surface area (Å²) in [7, 11) is 0. The minimum absolute atomic E-state index is 0.394. The highest BCUT2D eigenvalue weighted by molar-refractivity contribution is 7.12. The number of benzene rings is 1. The summed E-state index contributed by atoms with van der Waals surface area (Å²) in [6, 6.07) is 7.60. The topological polar surface area (TPSA) is 109 Å². The number of rotatable bonds is 11. The van der Waals surface area contributed by atoms with E-state index in [1.54, 1.807) is 11.1 Å². The third kappa shape index (κ3) is 4.97. The Morgan fingerprint density at radius 3 is 2.66 bits per heavy atom. The zero-order valence-electron chi connectivity index (χ0n) is 20.2. The molecule has 2 heterocycles. The van der Waals surface area contributed by atoms with Crippen LogP contribution in [0.25, 0.3) is 0 Å². The Balaban J connectivity index is 1.61. The lowest BCUT2D eigenvalue weighted by molar-refractivity contribution is -0.139. The highest BCUT2D eigenvalue weighted by Gasteiger charge is 2.52. The Kier molecular flexibility index (Phi) is 6.88. The number of carbonyl (C=O) groups is 2. The van der Waals surface area contributed by atoms with E-state index >= 15 is 0 Å². The van der Waals surface area contributed by atoms with Crippen molar-refractivity contribution < 1.29 is 14.7 Å². The fourth-order valence-electron chi connectivity index (χ4n) is 4.96. The second-order valence-corrected chi connectivity index (χ2v) is 11.2. The van der Waals surface area contributed by atoms with Crippen LogP contribution in [0.1, 0.15) is 68.9 Å². The first kappa shape index (κ1) is 24.3. The number of benzodiazepines with no additional fused rings is 1. The molecule has 0 radical (unpaired) electrons. The lowest BCUT2D eigenvalue weighted by Crippen LogP contribution is -2.62.